The summed E-state index contributed by atoms with van der Waals surface area (Å²) in [5.41, 5.74) is 1.02. The molecule has 0 amide bonds. The zero-order chi connectivity index (χ0) is 22.2. The summed E-state index contributed by atoms with van der Waals surface area (Å²) >= 11 is 0. The number of hydrogen-bond acceptors (Lipinski definition) is 8. The number of likely N-dealkylation sites (tertiary alicyclic amines) is 1. The molecular formula is C24H44N6O2. The average molecular weight is 449 g/mol. The molecule has 0 N–H and O–H groups in total. The smallest absolute Gasteiger partial charge is 0.138 e. The fraction of sp³-hybridized carbons (Fsp3) is 0.875. The molecule has 3 fully saturated rings. The van der Waals surface area contributed by atoms with Crippen LogP contribution in [0.3, 0.4) is 0 Å². The Bertz CT molecular complexity index is 649. The zero-order valence-electron chi connectivity index (χ0n) is 20.4. The van der Waals surface area contributed by atoms with E-state index in [1.165, 1.54) is 72.0 Å². The highest BCUT2D eigenvalue weighted by atomic mass is 16.5. The molecule has 0 unspecified atom stereocenters. The first kappa shape index (κ1) is 24.1. The van der Waals surface area contributed by atoms with Crippen molar-refractivity contribution in [3.63, 3.8) is 0 Å². The number of likely N-dealkylation sites (N-methyl/N-ethyl adjacent to an activating group) is 2. The van der Waals surface area contributed by atoms with Crippen molar-refractivity contribution in [1.82, 2.24) is 29.7 Å². The molecule has 0 aromatic carbocycles. The minimum Gasteiger partial charge on any atom is -0.381 e. The van der Waals surface area contributed by atoms with Crippen LogP contribution in [0.4, 0.5) is 0 Å². The maximum absolute atomic E-state index is 5.84. The van der Waals surface area contributed by atoms with Crippen LogP contribution in [0, 0.1) is 0 Å². The van der Waals surface area contributed by atoms with Crippen molar-refractivity contribution in [3.05, 3.63) is 17.5 Å². The highest BCUT2D eigenvalue weighted by Gasteiger charge is 2.32. The van der Waals surface area contributed by atoms with Gasteiger partial charge in [0.1, 0.15) is 5.76 Å². The van der Waals surface area contributed by atoms with Crippen LogP contribution in [-0.2, 0) is 17.6 Å². The number of aromatic nitrogens is 1. The molecule has 8 nitrogen and oxygen atoms in total. The monoisotopic (exact) mass is 448 g/mol. The lowest BCUT2D eigenvalue weighted by Gasteiger charge is -2.48. The van der Waals surface area contributed by atoms with Gasteiger partial charge in [-0.3, -0.25) is 4.90 Å². The minimum atomic E-state index is 0.729. The van der Waals surface area contributed by atoms with Gasteiger partial charge in [-0.15, -0.1) is 0 Å². The molecule has 0 aliphatic carbocycles. The van der Waals surface area contributed by atoms with Crippen LogP contribution in [0.5, 0.6) is 0 Å². The van der Waals surface area contributed by atoms with E-state index < -0.39 is 0 Å². The summed E-state index contributed by atoms with van der Waals surface area (Å²) in [5.74, 6) is 1.01. The SMILES string of the molecule is CCN1CC(N2CCN(CCc3cc(CCOCCCN4CCN(C)CC4)no3)CC2)C1. The highest BCUT2D eigenvalue weighted by molar-refractivity contribution is 5.06. The standard InChI is InChI=1S/C24H44N6O2/c1-3-27-20-23(21-27)30-15-13-29(14-16-30)8-5-24-19-22(25-32-24)6-18-31-17-4-7-28-11-9-26(2)10-12-28/h19,23H,3-18,20-21H2,1-2H3. The maximum atomic E-state index is 5.84. The summed E-state index contributed by atoms with van der Waals surface area (Å²) < 4.78 is 11.4. The normalized spacial score (nSPS) is 23.1. The van der Waals surface area contributed by atoms with Gasteiger partial charge in [-0.2, -0.15) is 0 Å². The molecular weight excluding hydrogens is 404 g/mol. The van der Waals surface area contributed by atoms with Gasteiger partial charge in [0, 0.05) is 110 Å². The van der Waals surface area contributed by atoms with E-state index in [0.717, 1.165) is 63.1 Å². The molecule has 3 saturated heterocycles. The van der Waals surface area contributed by atoms with Crippen LogP contribution >= 0.6 is 0 Å². The van der Waals surface area contributed by atoms with Crippen molar-refractivity contribution in [2.75, 3.05) is 105 Å². The van der Waals surface area contributed by atoms with E-state index >= 15 is 0 Å². The van der Waals surface area contributed by atoms with Crippen LogP contribution in [0.15, 0.2) is 10.6 Å². The molecule has 8 heteroatoms. The van der Waals surface area contributed by atoms with Crippen LogP contribution in [0.1, 0.15) is 24.8 Å². The molecule has 0 radical (unpaired) electrons. The first-order valence-electron chi connectivity index (χ1n) is 12.8. The highest BCUT2D eigenvalue weighted by Crippen LogP contribution is 2.17. The summed E-state index contributed by atoms with van der Waals surface area (Å²) in [5, 5.41) is 4.25. The molecule has 0 spiro atoms. The van der Waals surface area contributed by atoms with E-state index in [9.17, 15) is 0 Å². The number of ether oxygens (including phenoxy) is 1. The average Bonchev–Trinajstić information content (AvgIpc) is 3.24. The fourth-order valence-electron chi connectivity index (χ4n) is 4.98. The van der Waals surface area contributed by atoms with Gasteiger partial charge in [0.05, 0.1) is 12.3 Å². The van der Waals surface area contributed by atoms with Crippen LogP contribution in [-0.4, -0.2) is 141 Å². The summed E-state index contributed by atoms with van der Waals surface area (Å²) in [6, 6.07) is 2.92. The lowest BCUT2D eigenvalue weighted by molar-refractivity contribution is 0.00781. The van der Waals surface area contributed by atoms with Gasteiger partial charge < -0.3 is 28.9 Å². The molecule has 182 valence electrons. The van der Waals surface area contributed by atoms with E-state index in [4.69, 9.17) is 9.26 Å². The Balaban J connectivity index is 1.02. The van der Waals surface area contributed by atoms with Crippen LogP contribution < -0.4 is 0 Å². The van der Waals surface area contributed by atoms with Crippen molar-refractivity contribution in [2.45, 2.75) is 32.2 Å². The number of rotatable bonds is 12. The van der Waals surface area contributed by atoms with E-state index in [0.29, 0.717) is 0 Å². The van der Waals surface area contributed by atoms with Gasteiger partial charge in [-0.25, -0.2) is 0 Å². The Kier molecular flexibility index (Phi) is 9.37. The fourth-order valence-corrected chi connectivity index (χ4v) is 4.98. The van der Waals surface area contributed by atoms with Crippen molar-refractivity contribution in [2.24, 2.45) is 0 Å². The van der Waals surface area contributed by atoms with Crippen LogP contribution in [0.2, 0.25) is 0 Å². The Morgan fingerprint density at radius 2 is 1.62 bits per heavy atom. The Morgan fingerprint density at radius 1 is 0.906 bits per heavy atom. The molecule has 1 aromatic heterocycles. The maximum Gasteiger partial charge on any atom is 0.138 e. The molecule has 32 heavy (non-hydrogen) atoms. The third-order valence-corrected chi connectivity index (χ3v) is 7.45. The van der Waals surface area contributed by atoms with Gasteiger partial charge in [-0.05, 0) is 20.0 Å². The van der Waals surface area contributed by atoms with Gasteiger partial charge >= 0.3 is 0 Å². The Labute approximate surface area is 194 Å². The Hall–Kier alpha value is -1.03. The third kappa shape index (κ3) is 7.23. The van der Waals surface area contributed by atoms with Crippen molar-refractivity contribution < 1.29 is 9.26 Å². The molecule has 3 aliphatic rings. The van der Waals surface area contributed by atoms with E-state index in [-0.39, 0.29) is 0 Å². The lowest BCUT2D eigenvalue weighted by atomic mass is 10.1. The zero-order valence-corrected chi connectivity index (χ0v) is 20.4. The molecule has 0 atom stereocenters. The van der Waals surface area contributed by atoms with E-state index in [1.54, 1.807) is 0 Å². The van der Waals surface area contributed by atoms with Gasteiger partial charge in [0.15, 0.2) is 0 Å². The van der Waals surface area contributed by atoms with Crippen molar-refractivity contribution in [3.8, 4) is 0 Å². The molecule has 4 heterocycles. The molecule has 1 aromatic rings. The summed E-state index contributed by atoms with van der Waals surface area (Å²) in [7, 11) is 2.20. The summed E-state index contributed by atoms with van der Waals surface area (Å²) in [6.07, 6.45) is 2.90. The first-order valence-corrected chi connectivity index (χ1v) is 12.8. The minimum absolute atomic E-state index is 0.729. The predicted molar refractivity (Wildman–Crippen MR) is 127 cm³/mol. The lowest BCUT2D eigenvalue weighted by Crippen LogP contribution is -2.62. The Morgan fingerprint density at radius 3 is 2.38 bits per heavy atom. The van der Waals surface area contributed by atoms with E-state index in [2.05, 4.69) is 49.7 Å². The van der Waals surface area contributed by atoms with E-state index in [1.807, 2.05) is 0 Å². The number of nitrogens with zero attached hydrogens (tertiary/aromatic N) is 6. The third-order valence-electron chi connectivity index (χ3n) is 7.45. The topological polar surface area (TPSA) is 51.5 Å². The van der Waals surface area contributed by atoms with Crippen molar-refractivity contribution in [1.29, 1.82) is 0 Å². The largest absolute Gasteiger partial charge is 0.381 e. The van der Waals surface area contributed by atoms with Crippen LogP contribution in [0.25, 0.3) is 0 Å². The summed E-state index contributed by atoms with van der Waals surface area (Å²) in [6.45, 7) is 19.2. The van der Waals surface area contributed by atoms with Crippen molar-refractivity contribution >= 4 is 0 Å². The van der Waals surface area contributed by atoms with Gasteiger partial charge in [0.2, 0.25) is 0 Å². The quantitative estimate of drug-likeness (QED) is 0.434. The summed E-state index contributed by atoms with van der Waals surface area (Å²) in [4.78, 5) is 12.7. The number of hydrogen-bond donors (Lipinski definition) is 0. The number of piperazine rings is 2. The second-order valence-corrected chi connectivity index (χ2v) is 9.78. The van der Waals surface area contributed by atoms with Gasteiger partial charge in [-0.1, -0.05) is 12.1 Å². The molecule has 4 rings (SSSR count). The first-order chi connectivity index (χ1) is 15.7. The second-order valence-electron chi connectivity index (χ2n) is 9.78. The van der Waals surface area contributed by atoms with Gasteiger partial charge in [0.25, 0.3) is 0 Å². The molecule has 0 bridgehead atoms. The molecule has 0 saturated carbocycles. The second kappa shape index (κ2) is 12.4. The predicted octanol–water partition coefficient (Wildman–Crippen LogP) is 0.735. The molecule has 3 aliphatic heterocycles.